The lowest BCUT2D eigenvalue weighted by molar-refractivity contribution is 0.134. The second kappa shape index (κ2) is 5.37. The number of nitrogens with one attached hydrogen (secondary N) is 1. The Morgan fingerprint density at radius 3 is 2.74 bits per heavy atom. The minimum absolute atomic E-state index is 0.244. The van der Waals surface area contributed by atoms with Gasteiger partial charge in [-0.15, -0.1) is 11.3 Å². The molecule has 3 rings (SSSR count). The summed E-state index contributed by atoms with van der Waals surface area (Å²) in [5.41, 5.74) is 5.30. The summed E-state index contributed by atoms with van der Waals surface area (Å²) in [7, 11) is 2.01. The number of hydrogen-bond donors (Lipinski definition) is 1. The summed E-state index contributed by atoms with van der Waals surface area (Å²) in [6.07, 6.45) is 0. The first-order chi connectivity index (χ1) is 9.19. The van der Waals surface area contributed by atoms with Crippen LogP contribution in [0.25, 0.3) is 0 Å². The van der Waals surface area contributed by atoms with Gasteiger partial charge >= 0.3 is 0 Å². The standard InChI is InChI=1S/C15H16BrNOS/c1-9-13(6-14(16)19-9)15(17-2)10-3-4-11-7-18-8-12(11)5-10/h3-6,15,17H,7-8H2,1-2H3. The zero-order valence-corrected chi connectivity index (χ0v) is 13.4. The molecule has 0 saturated heterocycles. The third kappa shape index (κ3) is 2.50. The lowest BCUT2D eigenvalue weighted by Gasteiger charge is -2.17. The molecule has 1 aromatic carbocycles. The molecule has 0 amide bonds. The molecule has 0 saturated carbocycles. The molecule has 2 aromatic rings. The minimum atomic E-state index is 0.244. The maximum absolute atomic E-state index is 5.49. The fourth-order valence-electron chi connectivity index (χ4n) is 2.62. The number of thiophene rings is 1. The van der Waals surface area contributed by atoms with Gasteiger partial charge in [-0.05, 0) is 58.2 Å². The highest BCUT2D eigenvalue weighted by Gasteiger charge is 2.19. The second-order valence-corrected chi connectivity index (χ2v) is 7.44. The van der Waals surface area contributed by atoms with Crippen molar-refractivity contribution in [3.05, 3.63) is 55.2 Å². The summed E-state index contributed by atoms with van der Waals surface area (Å²) in [5.74, 6) is 0. The van der Waals surface area contributed by atoms with Gasteiger partial charge in [-0.3, -0.25) is 0 Å². The van der Waals surface area contributed by atoms with Crippen LogP contribution in [0.5, 0.6) is 0 Å². The molecular weight excluding hydrogens is 322 g/mol. The number of fused-ring (bicyclic) bond motifs is 1. The van der Waals surface area contributed by atoms with E-state index in [0.717, 1.165) is 13.2 Å². The van der Waals surface area contributed by atoms with E-state index in [9.17, 15) is 0 Å². The summed E-state index contributed by atoms with van der Waals surface area (Å²) in [6, 6.07) is 9.13. The van der Waals surface area contributed by atoms with Crippen molar-refractivity contribution in [1.82, 2.24) is 5.32 Å². The number of aryl methyl sites for hydroxylation is 1. The number of ether oxygens (including phenoxy) is 1. The molecule has 0 radical (unpaired) electrons. The van der Waals surface area contributed by atoms with Crippen molar-refractivity contribution in [2.75, 3.05) is 7.05 Å². The monoisotopic (exact) mass is 337 g/mol. The van der Waals surface area contributed by atoms with Gasteiger partial charge in [-0.1, -0.05) is 18.2 Å². The zero-order chi connectivity index (χ0) is 13.4. The summed E-state index contributed by atoms with van der Waals surface area (Å²) in [4.78, 5) is 1.35. The summed E-state index contributed by atoms with van der Waals surface area (Å²) >= 11 is 5.36. The van der Waals surface area contributed by atoms with Crippen molar-refractivity contribution >= 4 is 27.3 Å². The van der Waals surface area contributed by atoms with Crippen LogP contribution < -0.4 is 5.32 Å². The predicted octanol–water partition coefficient (Wildman–Crippen LogP) is 4.16. The number of halogens is 1. The van der Waals surface area contributed by atoms with Crippen molar-refractivity contribution < 1.29 is 4.74 Å². The molecule has 1 aromatic heterocycles. The summed E-state index contributed by atoms with van der Waals surface area (Å²) in [5, 5.41) is 3.42. The SMILES string of the molecule is CNC(c1ccc2c(c1)COC2)c1cc(Br)sc1C. The highest BCUT2D eigenvalue weighted by molar-refractivity contribution is 9.11. The van der Waals surface area contributed by atoms with E-state index >= 15 is 0 Å². The van der Waals surface area contributed by atoms with Crippen molar-refractivity contribution in [2.45, 2.75) is 26.2 Å². The number of rotatable bonds is 3. The predicted molar refractivity (Wildman–Crippen MR) is 82.6 cm³/mol. The Morgan fingerprint density at radius 1 is 1.26 bits per heavy atom. The van der Waals surface area contributed by atoms with Crippen LogP contribution in [-0.4, -0.2) is 7.05 Å². The highest BCUT2D eigenvalue weighted by atomic mass is 79.9. The van der Waals surface area contributed by atoms with Crippen LogP contribution in [0, 0.1) is 6.92 Å². The average molecular weight is 338 g/mol. The fraction of sp³-hybridized carbons (Fsp3) is 0.333. The van der Waals surface area contributed by atoms with Gasteiger partial charge in [-0.25, -0.2) is 0 Å². The molecule has 1 aliphatic heterocycles. The number of hydrogen-bond acceptors (Lipinski definition) is 3. The molecule has 0 spiro atoms. The Labute approximate surface area is 125 Å². The van der Waals surface area contributed by atoms with Crippen LogP contribution in [0.1, 0.15) is 33.2 Å². The van der Waals surface area contributed by atoms with E-state index < -0.39 is 0 Å². The largest absolute Gasteiger partial charge is 0.372 e. The van der Waals surface area contributed by atoms with E-state index in [1.165, 1.54) is 30.9 Å². The maximum atomic E-state index is 5.49. The van der Waals surface area contributed by atoms with E-state index in [2.05, 4.69) is 52.4 Å². The van der Waals surface area contributed by atoms with E-state index in [4.69, 9.17) is 4.74 Å². The van der Waals surface area contributed by atoms with Gasteiger partial charge < -0.3 is 10.1 Å². The van der Waals surface area contributed by atoms with Crippen LogP contribution in [0.2, 0.25) is 0 Å². The smallest absolute Gasteiger partial charge is 0.0725 e. The van der Waals surface area contributed by atoms with Crippen molar-refractivity contribution in [2.24, 2.45) is 0 Å². The first-order valence-corrected chi connectivity index (χ1v) is 7.92. The minimum Gasteiger partial charge on any atom is -0.372 e. The lowest BCUT2D eigenvalue weighted by Crippen LogP contribution is -2.18. The Kier molecular flexibility index (Phi) is 3.76. The topological polar surface area (TPSA) is 21.3 Å². The van der Waals surface area contributed by atoms with Crippen LogP contribution in [-0.2, 0) is 18.0 Å². The first-order valence-electron chi connectivity index (χ1n) is 6.31. The molecule has 2 nitrogen and oxygen atoms in total. The average Bonchev–Trinajstić information content (AvgIpc) is 2.97. The normalized spacial score (nSPS) is 15.5. The van der Waals surface area contributed by atoms with Crippen LogP contribution in [0.4, 0.5) is 0 Å². The molecule has 1 atom stereocenters. The third-order valence-corrected chi connectivity index (χ3v) is 5.17. The van der Waals surface area contributed by atoms with Crippen LogP contribution in [0.15, 0.2) is 28.1 Å². The molecule has 0 aliphatic carbocycles. The van der Waals surface area contributed by atoms with E-state index in [1.54, 1.807) is 11.3 Å². The third-order valence-electron chi connectivity index (χ3n) is 3.60. The van der Waals surface area contributed by atoms with Gasteiger partial charge in [0.25, 0.3) is 0 Å². The van der Waals surface area contributed by atoms with Gasteiger partial charge in [0, 0.05) is 4.88 Å². The molecule has 1 N–H and O–H groups in total. The Hall–Kier alpha value is -0.680. The van der Waals surface area contributed by atoms with Crippen molar-refractivity contribution in [1.29, 1.82) is 0 Å². The van der Waals surface area contributed by atoms with Gasteiger partial charge in [0.2, 0.25) is 0 Å². The van der Waals surface area contributed by atoms with Crippen LogP contribution in [0.3, 0.4) is 0 Å². The van der Waals surface area contributed by atoms with Gasteiger partial charge in [0.15, 0.2) is 0 Å². The van der Waals surface area contributed by atoms with Crippen molar-refractivity contribution in [3.8, 4) is 0 Å². The van der Waals surface area contributed by atoms with E-state index in [-0.39, 0.29) is 6.04 Å². The number of benzene rings is 1. The second-order valence-electron chi connectivity index (χ2n) is 4.80. The molecular formula is C15H16BrNOS. The van der Waals surface area contributed by atoms with E-state index in [1.807, 2.05) is 7.05 Å². The molecule has 1 unspecified atom stereocenters. The molecule has 1 aliphatic rings. The molecule has 19 heavy (non-hydrogen) atoms. The summed E-state index contributed by atoms with van der Waals surface area (Å²) in [6.45, 7) is 3.67. The maximum Gasteiger partial charge on any atom is 0.0725 e. The fourth-order valence-corrected chi connectivity index (χ4v) is 4.37. The van der Waals surface area contributed by atoms with E-state index in [0.29, 0.717) is 0 Å². The Balaban J connectivity index is 2.00. The highest BCUT2D eigenvalue weighted by Crippen LogP contribution is 2.34. The summed E-state index contributed by atoms with van der Waals surface area (Å²) < 4.78 is 6.68. The molecule has 0 bridgehead atoms. The molecule has 2 heterocycles. The van der Waals surface area contributed by atoms with Gasteiger partial charge in [0.05, 0.1) is 23.0 Å². The molecule has 4 heteroatoms. The quantitative estimate of drug-likeness (QED) is 0.907. The first kappa shape index (κ1) is 13.3. The Bertz CT molecular complexity index is 608. The van der Waals surface area contributed by atoms with Gasteiger partial charge in [0.1, 0.15) is 0 Å². The Morgan fingerprint density at radius 2 is 2.05 bits per heavy atom. The zero-order valence-electron chi connectivity index (χ0n) is 11.0. The molecule has 100 valence electrons. The van der Waals surface area contributed by atoms with Gasteiger partial charge in [-0.2, -0.15) is 0 Å². The van der Waals surface area contributed by atoms with Crippen molar-refractivity contribution in [3.63, 3.8) is 0 Å². The molecule has 0 fully saturated rings. The van der Waals surface area contributed by atoms with Crippen LogP contribution >= 0.6 is 27.3 Å². The lowest BCUT2D eigenvalue weighted by atomic mass is 9.96.